The first-order valence-corrected chi connectivity index (χ1v) is 9.91. The van der Waals surface area contributed by atoms with Gasteiger partial charge < -0.3 is 0 Å². The molecule has 7 heteroatoms. The molecule has 0 saturated carbocycles. The lowest BCUT2D eigenvalue weighted by Gasteiger charge is -2.39. The number of piperidine rings is 1. The zero-order chi connectivity index (χ0) is 19.3. The van der Waals surface area contributed by atoms with Crippen molar-refractivity contribution >= 4 is 0 Å². The lowest BCUT2D eigenvalue weighted by Crippen LogP contribution is -2.46. The Balaban J connectivity index is 1.52. The summed E-state index contributed by atoms with van der Waals surface area (Å²) in [4.78, 5) is 10.1. The first kappa shape index (κ1) is 19.9. The first-order valence-electron chi connectivity index (χ1n) is 9.91. The molecule has 0 N–H and O–H groups in total. The van der Waals surface area contributed by atoms with Gasteiger partial charge in [0.2, 0.25) is 0 Å². The van der Waals surface area contributed by atoms with Crippen molar-refractivity contribution in [1.82, 2.24) is 30.2 Å². The third-order valence-electron chi connectivity index (χ3n) is 4.75. The quantitative estimate of drug-likeness (QED) is 0.745. The van der Waals surface area contributed by atoms with Crippen LogP contribution in [-0.2, 0) is 17.9 Å². The summed E-state index contributed by atoms with van der Waals surface area (Å²) < 4.78 is 0. The predicted octanol–water partition coefficient (Wildman–Crippen LogP) is 2.74. The van der Waals surface area contributed by atoms with E-state index in [-0.39, 0.29) is 5.60 Å². The van der Waals surface area contributed by atoms with Crippen LogP contribution in [0.3, 0.4) is 0 Å². The van der Waals surface area contributed by atoms with Crippen molar-refractivity contribution in [2.75, 3.05) is 19.6 Å². The minimum atomic E-state index is -0.127. The summed E-state index contributed by atoms with van der Waals surface area (Å²) in [6.07, 6.45) is 2.20. The lowest BCUT2D eigenvalue weighted by molar-refractivity contribution is -0.239. The summed E-state index contributed by atoms with van der Waals surface area (Å²) in [7, 11) is 0. The zero-order valence-corrected chi connectivity index (χ0v) is 17.0. The van der Waals surface area contributed by atoms with Crippen molar-refractivity contribution in [3.05, 3.63) is 41.7 Å². The largest absolute Gasteiger partial charge is 0.293 e. The Hall–Kier alpha value is -1.83. The van der Waals surface area contributed by atoms with Crippen LogP contribution >= 0.6 is 0 Å². The number of hydrogen-bond donors (Lipinski definition) is 0. The van der Waals surface area contributed by atoms with Gasteiger partial charge in [0.1, 0.15) is 0 Å². The molecule has 0 spiro atoms. The number of rotatable bonds is 7. The normalized spacial score (nSPS) is 16.9. The fourth-order valence-corrected chi connectivity index (χ4v) is 3.52. The van der Waals surface area contributed by atoms with E-state index < -0.39 is 0 Å². The minimum absolute atomic E-state index is 0.127. The fourth-order valence-electron chi connectivity index (χ4n) is 3.52. The molecule has 7 nitrogen and oxygen atoms in total. The van der Waals surface area contributed by atoms with Crippen LogP contribution in [0.15, 0.2) is 30.3 Å². The van der Waals surface area contributed by atoms with Gasteiger partial charge in [-0.3, -0.25) is 9.74 Å². The van der Waals surface area contributed by atoms with E-state index in [0.29, 0.717) is 12.6 Å². The third-order valence-corrected chi connectivity index (χ3v) is 4.75. The van der Waals surface area contributed by atoms with E-state index in [2.05, 4.69) is 65.2 Å². The number of hydroxylamine groups is 2. The Bertz CT molecular complexity index is 688. The van der Waals surface area contributed by atoms with Gasteiger partial charge in [-0.15, -0.1) is 10.2 Å². The van der Waals surface area contributed by atoms with Gasteiger partial charge in [0.15, 0.2) is 5.82 Å². The standard InChI is InChI=1S/C20H32N6O/c1-5-24(18-11-13-25(14-12-18)27-20(2,3)4)16-19-21-23-26(22-19)15-17-9-7-6-8-10-17/h6-10,18H,5,11-16H2,1-4H3. The molecule has 1 aromatic heterocycles. The lowest BCUT2D eigenvalue weighted by atomic mass is 10.0. The molecule has 0 aliphatic carbocycles. The van der Waals surface area contributed by atoms with Crippen molar-refractivity contribution in [3.63, 3.8) is 0 Å². The maximum absolute atomic E-state index is 6.00. The average molecular weight is 373 g/mol. The highest BCUT2D eigenvalue weighted by atomic mass is 16.7. The van der Waals surface area contributed by atoms with Crippen LogP contribution in [0.1, 0.15) is 51.9 Å². The van der Waals surface area contributed by atoms with E-state index >= 15 is 0 Å². The molecule has 0 amide bonds. The van der Waals surface area contributed by atoms with Gasteiger partial charge in [-0.1, -0.05) is 37.3 Å². The Kier molecular flexibility index (Phi) is 6.57. The summed E-state index contributed by atoms with van der Waals surface area (Å²) in [5.41, 5.74) is 1.05. The average Bonchev–Trinajstić information content (AvgIpc) is 3.07. The molecule has 1 aliphatic heterocycles. The van der Waals surface area contributed by atoms with Gasteiger partial charge in [0.05, 0.1) is 18.7 Å². The molecule has 27 heavy (non-hydrogen) atoms. The summed E-state index contributed by atoms with van der Waals surface area (Å²) in [6, 6.07) is 10.8. The summed E-state index contributed by atoms with van der Waals surface area (Å²) in [5.74, 6) is 0.793. The fraction of sp³-hybridized carbons (Fsp3) is 0.650. The van der Waals surface area contributed by atoms with Gasteiger partial charge in [-0.2, -0.15) is 9.86 Å². The SMILES string of the molecule is CCN(Cc1nnn(Cc2ccccc2)n1)C1CCN(OC(C)(C)C)CC1. The van der Waals surface area contributed by atoms with E-state index in [1.807, 2.05) is 18.2 Å². The van der Waals surface area contributed by atoms with Crippen LogP contribution in [-0.4, -0.2) is 61.4 Å². The molecule has 2 heterocycles. The van der Waals surface area contributed by atoms with E-state index in [9.17, 15) is 0 Å². The van der Waals surface area contributed by atoms with Gasteiger partial charge in [-0.05, 0) is 50.9 Å². The minimum Gasteiger partial charge on any atom is -0.293 e. The second kappa shape index (κ2) is 8.91. The van der Waals surface area contributed by atoms with Crippen molar-refractivity contribution < 1.29 is 4.84 Å². The molecule has 0 radical (unpaired) electrons. The van der Waals surface area contributed by atoms with E-state index in [0.717, 1.165) is 44.8 Å². The molecule has 148 valence electrons. The maximum atomic E-state index is 6.00. The number of aromatic nitrogens is 4. The predicted molar refractivity (Wildman–Crippen MR) is 105 cm³/mol. The molecule has 2 aromatic rings. The Labute approximate surface area is 162 Å². The van der Waals surface area contributed by atoms with Gasteiger partial charge in [0.25, 0.3) is 0 Å². The van der Waals surface area contributed by atoms with Crippen molar-refractivity contribution in [2.24, 2.45) is 0 Å². The summed E-state index contributed by atoms with van der Waals surface area (Å²) in [5, 5.41) is 15.2. The van der Waals surface area contributed by atoms with Crippen LogP contribution in [0, 0.1) is 0 Å². The van der Waals surface area contributed by atoms with Crippen LogP contribution in [0.5, 0.6) is 0 Å². The Morgan fingerprint density at radius 2 is 1.85 bits per heavy atom. The summed E-state index contributed by atoms with van der Waals surface area (Å²) >= 11 is 0. The molecule has 0 bridgehead atoms. The molecular weight excluding hydrogens is 340 g/mol. The molecule has 0 unspecified atom stereocenters. The Morgan fingerprint density at radius 3 is 2.48 bits per heavy atom. The van der Waals surface area contributed by atoms with Crippen molar-refractivity contribution in [3.8, 4) is 0 Å². The third kappa shape index (κ3) is 6.09. The number of tetrazole rings is 1. The molecule has 0 atom stereocenters. The van der Waals surface area contributed by atoms with E-state index in [1.54, 1.807) is 4.80 Å². The molecule has 1 fully saturated rings. The molecule has 3 rings (SSSR count). The highest BCUT2D eigenvalue weighted by Gasteiger charge is 2.27. The highest BCUT2D eigenvalue weighted by molar-refractivity contribution is 5.14. The monoisotopic (exact) mass is 372 g/mol. The van der Waals surface area contributed by atoms with Gasteiger partial charge in [0, 0.05) is 19.1 Å². The van der Waals surface area contributed by atoms with Crippen molar-refractivity contribution in [1.29, 1.82) is 0 Å². The number of benzene rings is 1. The topological polar surface area (TPSA) is 59.3 Å². The Morgan fingerprint density at radius 1 is 1.15 bits per heavy atom. The van der Waals surface area contributed by atoms with Crippen molar-refractivity contribution in [2.45, 2.75) is 65.3 Å². The number of nitrogens with zero attached hydrogens (tertiary/aromatic N) is 6. The highest BCUT2D eigenvalue weighted by Crippen LogP contribution is 2.21. The van der Waals surface area contributed by atoms with Crippen LogP contribution in [0.2, 0.25) is 0 Å². The first-order chi connectivity index (χ1) is 12.9. The molecular formula is C20H32N6O. The van der Waals surface area contributed by atoms with E-state index in [4.69, 9.17) is 4.84 Å². The van der Waals surface area contributed by atoms with Crippen LogP contribution in [0.25, 0.3) is 0 Å². The molecule has 1 aromatic carbocycles. The molecule has 1 saturated heterocycles. The smallest absolute Gasteiger partial charge is 0.188 e. The van der Waals surface area contributed by atoms with Gasteiger partial charge >= 0.3 is 0 Å². The van der Waals surface area contributed by atoms with Gasteiger partial charge in [-0.25, -0.2) is 0 Å². The van der Waals surface area contributed by atoms with Crippen LogP contribution in [0.4, 0.5) is 0 Å². The zero-order valence-electron chi connectivity index (χ0n) is 17.0. The van der Waals surface area contributed by atoms with E-state index in [1.165, 1.54) is 5.56 Å². The van der Waals surface area contributed by atoms with Crippen LogP contribution < -0.4 is 0 Å². The maximum Gasteiger partial charge on any atom is 0.188 e. The second-order valence-corrected chi connectivity index (χ2v) is 8.15. The number of hydrogen-bond acceptors (Lipinski definition) is 6. The second-order valence-electron chi connectivity index (χ2n) is 8.15. The molecule has 1 aliphatic rings. The summed E-state index contributed by atoms with van der Waals surface area (Å²) in [6.45, 7) is 12.8.